The third-order valence-corrected chi connectivity index (χ3v) is 2.82. The van der Waals surface area contributed by atoms with Gasteiger partial charge >= 0.3 is 0 Å². The highest BCUT2D eigenvalue weighted by molar-refractivity contribution is 4.67. The van der Waals surface area contributed by atoms with E-state index in [0.717, 1.165) is 26.4 Å². The topological polar surface area (TPSA) is 30.5 Å². The third-order valence-electron chi connectivity index (χ3n) is 2.82. The summed E-state index contributed by atoms with van der Waals surface area (Å²) >= 11 is 0. The Balaban J connectivity index is 1.87. The lowest BCUT2D eigenvalue weighted by atomic mass is 10.3. The van der Waals surface area contributed by atoms with E-state index in [1.54, 1.807) is 0 Å². The molecule has 0 amide bonds. The smallest absolute Gasteiger partial charge is 0.0616 e. The van der Waals surface area contributed by atoms with Crippen molar-refractivity contribution in [3.8, 4) is 0 Å². The number of hydrogen-bond acceptors (Lipinski definition) is 3. The van der Waals surface area contributed by atoms with Crippen molar-refractivity contribution in [3.63, 3.8) is 0 Å². The Bertz CT molecular complexity index is 147. The molecule has 0 aromatic rings. The molecule has 90 valence electrons. The molecule has 3 nitrogen and oxygen atoms in total. The van der Waals surface area contributed by atoms with Crippen LogP contribution in [0.3, 0.4) is 0 Å². The van der Waals surface area contributed by atoms with Crippen molar-refractivity contribution in [2.75, 3.05) is 26.4 Å². The molecule has 0 radical (unpaired) electrons. The molecular weight excluding hydrogens is 190 g/mol. The maximum Gasteiger partial charge on any atom is 0.0616 e. The number of ether oxygens (including phenoxy) is 2. The molecule has 0 bridgehead atoms. The quantitative estimate of drug-likeness (QED) is 0.628. The minimum Gasteiger partial charge on any atom is -0.380 e. The first-order chi connectivity index (χ1) is 7.33. The second kappa shape index (κ2) is 8.08. The van der Waals surface area contributed by atoms with Crippen molar-refractivity contribution in [1.82, 2.24) is 5.32 Å². The summed E-state index contributed by atoms with van der Waals surface area (Å²) in [6.07, 6.45) is 5.75. The van der Waals surface area contributed by atoms with Crippen molar-refractivity contribution < 1.29 is 9.47 Å². The SMILES string of the molecule is CCOCC(C)NCCOC1CCCC1. The van der Waals surface area contributed by atoms with Gasteiger partial charge in [-0.3, -0.25) is 0 Å². The third kappa shape index (κ3) is 6.13. The molecule has 0 spiro atoms. The van der Waals surface area contributed by atoms with Crippen LogP contribution in [0.15, 0.2) is 0 Å². The van der Waals surface area contributed by atoms with Crippen LogP contribution in [0.4, 0.5) is 0 Å². The first kappa shape index (κ1) is 12.9. The van der Waals surface area contributed by atoms with Gasteiger partial charge < -0.3 is 14.8 Å². The first-order valence-electron chi connectivity index (χ1n) is 6.25. The molecule has 1 atom stereocenters. The standard InChI is InChI=1S/C12H25NO2/c1-3-14-10-11(2)13-8-9-15-12-6-4-5-7-12/h11-13H,3-10H2,1-2H3. The van der Waals surface area contributed by atoms with Crippen LogP contribution in [-0.2, 0) is 9.47 Å². The molecule has 0 aromatic heterocycles. The fourth-order valence-electron chi connectivity index (χ4n) is 1.94. The van der Waals surface area contributed by atoms with Crippen LogP contribution in [0.1, 0.15) is 39.5 Å². The van der Waals surface area contributed by atoms with E-state index < -0.39 is 0 Å². The molecule has 0 heterocycles. The number of hydrogen-bond donors (Lipinski definition) is 1. The molecule has 1 rings (SSSR count). The van der Waals surface area contributed by atoms with E-state index in [1.165, 1.54) is 25.7 Å². The molecule has 1 aliphatic rings. The van der Waals surface area contributed by atoms with Crippen LogP contribution in [0, 0.1) is 0 Å². The van der Waals surface area contributed by atoms with Crippen molar-refractivity contribution in [2.45, 2.75) is 51.7 Å². The monoisotopic (exact) mass is 215 g/mol. The second-order valence-electron chi connectivity index (χ2n) is 4.29. The van der Waals surface area contributed by atoms with Gasteiger partial charge in [0, 0.05) is 19.2 Å². The molecular formula is C12H25NO2. The average molecular weight is 215 g/mol. The van der Waals surface area contributed by atoms with Crippen molar-refractivity contribution in [3.05, 3.63) is 0 Å². The molecule has 1 fully saturated rings. The van der Waals surface area contributed by atoms with Crippen LogP contribution >= 0.6 is 0 Å². The highest BCUT2D eigenvalue weighted by atomic mass is 16.5. The Hall–Kier alpha value is -0.120. The fourth-order valence-corrected chi connectivity index (χ4v) is 1.94. The summed E-state index contributed by atoms with van der Waals surface area (Å²) in [5, 5.41) is 3.39. The van der Waals surface area contributed by atoms with E-state index in [4.69, 9.17) is 9.47 Å². The largest absolute Gasteiger partial charge is 0.380 e. The van der Waals surface area contributed by atoms with Gasteiger partial charge in [0.15, 0.2) is 0 Å². The van der Waals surface area contributed by atoms with E-state index in [1.807, 2.05) is 6.92 Å². The molecule has 1 aliphatic carbocycles. The minimum absolute atomic E-state index is 0.428. The maximum absolute atomic E-state index is 5.75. The second-order valence-corrected chi connectivity index (χ2v) is 4.29. The zero-order chi connectivity index (χ0) is 10.9. The summed E-state index contributed by atoms with van der Waals surface area (Å²) in [4.78, 5) is 0. The minimum atomic E-state index is 0.428. The van der Waals surface area contributed by atoms with Gasteiger partial charge in [-0.1, -0.05) is 12.8 Å². The molecule has 15 heavy (non-hydrogen) atoms. The predicted octanol–water partition coefficient (Wildman–Crippen LogP) is 1.96. The summed E-state index contributed by atoms with van der Waals surface area (Å²) in [5.74, 6) is 0. The van der Waals surface area contributed by atoms with Crippen molar-refractivity contribution >= 4 is 0 Å². The predicted molar refractivity (Wildman–Crippen MR) is 62.2 cm³/mol. The van der Waals surface area contributed by atoms with Gasteiger partial charge in [-0.2, -0.15) is 0 Å². The van der Waals surface area contributed by atoms with Crippen LogP contribution in [-0.4, -0.2) is 38.5 Å². The van der Waals surface area contributed by atoms with Gasteiger partial charge in [-0.25, -0.2) is 0 Å². The summed E-state index contributed by atoms with van der Waals surface area (Å²) < 4.78 is 11.1. The Morgan fingerprint density at radius 2 is 2.07 bits per heavy atom. The molecule has 1 saturated carbocycles. The van der Waals surface area contributed by atoms with Crippen molar-refractivity contribution in [2.24, 2.45) is 0 Å². The van der Waals surface area contributed by atoms with Crippen LogP contribution in [0.25, 0.3) is 0 Å². The highest BCUT2D eigenvalue weighted by Crippen LogP contribution is 2.20. The van der Waals surface area contributed by atoms with Crippen LogP contribution in [0.2, 0.25) is 0 Å². The Kier molecular flexibility index (Phi) is 6.98. The summed E-state index contributed by atoms with van der Waals surface area (Å²) in [6.45, 7) is 7.53. The van der Waals surface area contributed by atoms with Gasteiger partial charge in [0.05, 0.1) is 19.3 Å². The highest BCUT2D eigenvalue weighted by Gasteiger charge is 2.14. The normalized spacial score (nSPS) is 19.6. The van der Waals surface area contributed by atoms with E-state index in [-0.39, 0.29) is 0 Å². The number of nitrogens with one attached hydrogen (secondary N) is 1. The van der Waals surface area contributed by atoms with E-state index in [9.17, 15) is 0 Å². The lowest BCUT2D eigenvalue weighted by Crippen LogP contribution is -2.33. The lowest BCUT2D eigenvalue weighted by Gasteiger charge is -2.15. The van der Waals surface area contributed by atoms with Gasteiger partial charge in [-0.15, -0.1) is 0 Å². The van der Waals surface area contributed by atoms with E-state index >= 15 is 0 Å². The van der Waals surface area contributed by atoms with Gasteiger partial charge in [-0.05, 0) is 26.7 Å². The maximum atomic E-state index is 5.75. The Morgan fingerprint density at radius 1 is 1.33 bits per heavy atom. The van der Waals surface area contributed by atoms with Gasteiger partial charge in [0.1, 0.15) is 0 Å². The van der Waals surface area contributed by atoms with Crippen LogP contribution < -0.4 is 5.32 Å². The summed E-state index contributed by atoms with van der Waals surface area (Å²) in [6, 6.07) is 0.428. The van der Waals surface area contributed by atoms with E-state index in [2.05, 4.69) is 12.2 Å². The Labute approximate surface area is 93.5 Å². The summed E-state index contributed by atoms with van der Waals surface area (Å²) in [5.41, 5.74) is 0. The summed E-state index contributed by atoms with van der Waals surface area (Å²) in [7, 11) is 0. The Morgan fingerprint density at radius 3 is 2.73 bits per heavy atom. The fraction of sp³-hybridized carbons (Fsp3) is 1.00. The molecule has 1 unspecified atom stereocenters. The van der Waals surface area contributed by atoms with Crippen LogP contribution in [0.5, 0.6) is 0 Å². The van der Waals surface area contributed by atoms with Gasteiger partial charge in [0.2, 0.25) is 0 Å². The first-order valence-corrected chi connectivity index (χ1v) is 6.25. The average Bonchev–Trinajstić information content (AvgIpc) is 2.74. The van der Waals surface area contributed by atoms with E-state index in [0.29, 0.717) is 12.1 Å². The molecule has 3 heteroatoms. The molecule has 1 N–H and O–H groups in total. The zero-order valence-electron chi connectivity index (χ0n) is 10.1. The van der Waals surface area contributed by atoms with Gasteiger partial charge in [0.25, 0.3) is 0 Å². The van der Waals surface area contributed by atoms with Crippen molar-refractivity contribution in [1.29, 1.82) is 0 Å². The zero-order valence-corrected chi connectivity index (χ0v) is 10.1. The molecule has 0 aliphatic heterocycles. The number of rotatable bonds is 8. The molecule has 0 aromatic carbocycles. The lowest BCUT2D eigenvalue weighted by molar-refractivity contribution is 0.0562. The molecule has 0 saturated heterocycles.